The minimum absolute atomic E-state index is 0.0169. The highest BCUT2D eigenvalue weighted by Crippen LogP contribution is 2.44. The van der Waals surface area contributed by atoms with Crippen LogP contribution in [0.2, 0.25) is 0 Å². The Kier molecular flexibility index (Phi) is 7.74. The Morgan fingerprint density at radius 3 is 2.61 bits per heavy atom. The smallest absolute Gasteiger partial charge is 0.260 e. The van der Waals surface area contributed by atoms with E-state index in [0.29, 0.717) is 41.8 Å². The van der Waals surface area contributed by atoms with E-state index in [1.54, 1.807) is 26.0 Å². The number of carbonyl (C=O) groups excluding carboxylic acids is 2. The summed E-state index contributed by atoms with van der Waals surface area (Å²) in [7, 11) is 5.04. The number of fused-ring (bicyclic) bond motifs is 2. The first-order valence-electron chi connectivity index (χ1n) is 13.0. The van der Waals surface area contributed by atoms with E-state index in [9.17, 15) is 9.59 Å². The van der Waals surface area contributed by atoms with Gasteiger partial charge in [0.05, 0.1) is 25.2 Å². The van der Waals surface area contributed by atoms with Crippen molar-refractivity contribution in [3.63, 3.8) is 0 Å². The molecule has 9 heteroatoms. The summed E-state index contributed by atoms with van der Waals surface area (Å²) in [5.74, 6) is 2.60. The van der Waals surface area contributed by atoms with Gasteiger partial charge in [-0.3, -0.25) is 9.59 Å². The van der Waals surface area contributed by atoms with Crippen LogP contribution in [0.15, 0.2) is 41.3 Å². The largest absolute Gasteiger partial charge is 0.493 e. The summed E-state index contributed by atoms with van der Waals surface area (Å²) >= 11 is 1.62. The van der Waals surface area contributed by atoms with Crippen LogP contribution in [0.4, 0.5) is 0 Å². The summed E-state index contributed by atoms with van der Waals surface area (Å²) < 4.78 is 22.0. The van der Waals surface area contributed by atoms with Gasteiger partial charge in [-0.2, -0.15) is 0 Å². The number of thioether (sulfide) groups is 1. The van der Waals surface area contributed by atoms with Gasteiger partial charge in [0.15, 0.2) is 23.0 Å². The van der Waals surface area contributed by atoms with E-state index in [1.165, 1.54) is 0 Å². The summed E-state index contributed by atoms with van der Waals surface area (Å²) in [5, 5.41) is 3.43. The third-order valence-electron chi connectivity index (χ3n) is 7.56. The van der Waals surface area contributed by atoms with E-state index >= 15 is 0 Å². The van der Waals surface area contributed by atoms with E-state index in [-0.39, 0.29) is 35.1 Å². The highest BCUT2D eigenvalue weighted by molar-refractivity contribution is 8.04. The molecule has 0 aromatic heterocycles. The van der Waals surface area contributed by atoms with E-state index in [2.05, 4.69) is 5.32 Å². The van der Waals surface area contributed by atoms with Gasteiger partial charge in [0.25, 0.3) is 5.91 Å². The lowest BCUT2D eigenvalue weighted by molar-refractivity contribution is -0.132. The molecule has 2 aliphatic heterocycles. The quantitative estimate of drug-likeness (QED) is 0.545. The molecule has 1 saturated carbocycles. The van der Waals surface area contributed by atoms with Crippen LogP contribution in [0.1, 0.15) is 43.4 Å². The Bertz CT molecular complexity index is 1250. The summed E-state index contributed by atoms with van der Waals surface area (Å²) in [6.45, 7) is 3.05. The first-order valence-corrected chi connectivity index (χ1v) is 13.8. The van der Waals surface area contributed by atoms with Crippen LogP contribution in [0.5, 0.6) is 23.0 Å². The molecule has 202 valence electrons. The van der Waals surface area contributed by atoms with Gasteiger partial charge >= 0.3 is 0 Å². The Hall–Kier alpha value is -3.33. The van der Waals surface area contributed by atoms with Crippen molar-refractivity contribution in [2.24, 2.45) is 5.92 Å². The predicted molar refractivity (Wildman–Crippen MR) is 147 cm³/mol. The summed E-state index contributed by atoms with van der Waals surface area (Å²) in [5.41, 5.74) is 1.85. The molecule has 2 aromatic rings. The van der Waals surface area contributed by atoms with E-state index < -0.39 is 0 Å². The molecule has 3 aliphatic rings. The van der Waals surface area contributed by atoms with Gasteiger partial charge in [-0.1, -0.05) is 12.1 Å². The molecule has 2 aromatic carbocycles. The molecular weight excluding hydrogens is 504 g/mol. The summed E-state index contributed by atoms with van der Waals surface area (Å²) in [6, 6.07) is 11.3. The molecule has 0 spiro atoms. The molecule has 4 unspecified atom stereocenters. The van der Waals surface area contributed by atoms with Crippen LogP contribution in [-0.4, -0.2) is 62.5 Å². The lowest BCUT2D eigenvalue weighted by Crippen LogP contribution is -2.52. The number of nitrogens with one attached hydrogen (secondary N) is 1. The number of nitrogens with zero attached hydrogens (tertiary/aromatic N) is 1. The molecule has 38 heavy (non-hydrogen) atoms. The minimum atomic E-state index is -0.160. The monoisotopic (exact) mass is 538 g/mol. The lowest BCUT2D eigenvalue weighted by Gasteiger charge is -2.44. The second-order valence-corrected chi connectivity index (χ2v) is 11.2. The normalized spacial score (nSPS) is 24.4. The first kappa shape index (κ1) is 26.3. The Labute approximate surface area is 227 Å². The number of benzene rings is 2. The number of rotatable bonds is 6. The van der Waals surface area contributed by atoms with E-state index in [4.69, 9.17) is 18.9 Å². The Morgan fingerprint density at radius 1 is 1.08 bits per heavy atom. The molecule has 8 nitrogen and oxygen atoms in total. The van der Waals surface area contributed by atoms with Crippen LogP contribution >= 0.6 is 11.8 Å². The maximum Gasteiger partial charge on any atom is 0.260 e. The fraction of sp³-hybridized carbons (Fsp3) is 0.448. The van der Waals surface area contributed by atoms with Crippen molar-refractivity contribution >= 4 is 29.7 Å². The SMILES string of the molecule is COc1ccc(/C=C2\SC3CCC(C(=O)NC(C)c4ccc5c(c4)OCCO5)CC3N(C)C2=O)cc1OC. The van der Waals surface area contributed by atoms with Crippen LogP contribution < -0.4 is 24.3 Å². The van der Waals surface area contributed by atoms with Crippen molar-refractivity contribution in [1.29, 1.82) is 0 Å². The topological polar surface area (TPSA) is 86.3 Å². The highest BCUT2D eigenvalue weighted by atomic mass is 32.2. The van der Waals surface area contributed by atoms with Gasteiger partial charge < -0.3 is 29.2 Å². The standard InChI is InChI=1S/C29H34N2O6S/c1-17(19-6-9-23-25(16-19)37-12-11-36-23)30-28(32)20-7-10-26-21(15-20)31(2)29(33)27(38-26)14-18-5-8-22(34-3)24(13-18)35-4/h5-6,8-9,13-14,16-17,20-21,26H,7,10-12,15H2,1-4H3,(H,30,32)/b27-14-. The zero-order valence-electron chi connectivity index (χ0n) is 22.2. The van der Waals surface area contributed by atoms with Gasteiger partial charge in [-0.15, -0.1) is 11.8 Å². The zero-order valence-corrected chi connectivity index (χ0v) is 23.0. The second kappa shape index (κ2) is 11.2. The van der Waals surface area contributed by atoms with Gasteiger partial charge in [0.1, 0.15) is 13.2 Å². The summed E-state index contributed by atoms with van der Waals surface area (Å²) in [4.78, 5) is 29.0. The molecule has 1 N–H and O–H groups in total. The minimum Gasteiger partial charge on any atom is -0.493 e. The van der Waals surface area contributed by atoms with E-state index in [0.717, 1.165) is 29.7 Å². The maximum absolute atomic E-state index is 13.3. The number of amides is 2. The molecular formula is C29H34N2O6S. The van der Waals surface area contributed by atoms with Gasteiger partial charge in [0, 0.05) is 24.3 Å². The van der Waals surface area contributed by atoms with Crippen molar-refractivity contribution in [2.45, 2.75) is 43.5 Å². The number of methoxy groups -OCH3 is 2. The number of hydrogen-bond donors (Lipinski definition) is 1. The molecule has 1 aliphatic carbocycles. The number of ether oxygens (including phenoxy) is 4. The van der Waals surface area contributed by atoms with Crippen molar-refractivity contribution in [3.05, 3.63) is 52.4 Å². The summed E-state index contributed by atoms with van der Waals surface area (Å²) in [6.07, 6.45) is 4.23. The molecule has 1 saturated heterocycles. The molecule has 2 amide bonds. The van der Waals surface area contributed by atoms with Crippen LogP contribution in [0, 0.1) is 5.92 Å². The van der Waals surface area contributed by atoms with E-state index in [1.807, 2.05) is 61.3 Å². The van der Waals surface area contributed by atoms with Gasteiger partial charge in [0.2, 0.25) is 5.91 Å². The van der Waals surface area contributed by atoms with Gasteiger partial charge in [-0.05, 0) is 67.7 Å². The number of hydrogen-bond acceptors (Lipinski definition) is 7. The van der Waals surface area contributed by atoms with Crippen molar-refractivity contribution in [2.75, 3.05) is 34.5 Å². The van der Waals surface area contributed by atoms with Crippen molar-refractivity contribution in [1.82, 2.24) is 10.2 Å². The Morgan fingerprint density at radius 2 is 1.84 bits per heavy atom. The van der Waals surface area contributed by atoms with Crippen molar-refractivity contribution < 1.29 is 28.5 Å². The molecule has 0 bridgehead atoms. The molecule has 4 atom stereocenters. The average molecular weight is 539 g/mol. The first-order chi connectivity index (χ1) is 18.4. The molecule has 0 radical (unpaired) electrons. The van der Waals surface area contributed by atoms with Crippen LogP contribution in [-0.2, 0) is 9.59 Å². The second-order valence-electron chi connectivity index (χ2n) is 9.91. The zero-order chi connectivity index (χ0) is 26.8. The lowest BCUT2D eigenvalue weighted by atomic mass is 9.83. The highest BCUT2D eigenvalue weighted by Gasteiger charge is 2.43. The Balaban J connectivity index is 1.23. The van der Waals surface area contributed by atoms with Gasteiger partial charge in [-0.25, -0.2) is 0 Å². The number of carbonyl (C=O) groups is 2. The molecule has 2 heterocycles. The average Bonchev–Trinajstić information content (AvgIpc) is 2.95. The fourth-order valence-electron chi connectivity index (χ4n) is 5.37. The third-order valence-corrected chi connectivity index (χ3v) is 8.96. The number of likely N-dealkylation sites (N-methyl/N-ethyl adjacent to an activating group) is 1. The molecule has 5 rings (SSSR count). The third kappa shape index (κ3) is 5.29. The predicted octanol–water partition coefficient (Wildman–Crippen LogP) is 4.44. The maximum atomic E-state index is 13.3. The molecule has 2 fully saturated rings. The van der Waals surface area contributed by atoms with Crippen LogP contribution in [0.25, 0.3) is 6.08 Å². The fourth-order valence-corrected chi connectivity index (χ4v) is 6.85. The van der Waals surface area contributed by atoms with Crippen LogP contribution in [0.3, 0.4) is 0 Å². The van der Waals surface area contributed by atoms with Crippen molar-refractivity contribution in [3.8, 4) is 23.0 Å².